The molecule has 4 nitrogen and oxygen atoms in total. The molecule has 0 aromatic carbocycles. The highest BCUT2D eigenvalue weighted by Gasteiger charge is 2.14. The third kappa shape index (κ3) is 2.72. The maximum Gasteiger partial charge on any atom is 0.151 e. The minimum Gasteiger partial charge on any atom is -0.378 e. The lowest BCUT2D eigenvalue weighted by Crippen LogP contribution is -2.06. The number of rotatable bonds is 5. The normalized spacial score (nSPS) is 10.8. The Morgan fingerprint density at radius 1 is 1.50 bits per heavy atom. The second-order valence-electron chi connectivity index (χ2n) is 3.71. The van der Waals surface area contributed by atoms with Crippen molar-refractivity contribution in [3.05, 3.63) is 34.8 Å². The van der Waals surface area contributed by atoms with Crippen molar-refractivity contribution in [2.24, 2.45) is 0 Å². The van der Waals surface area contributed by atoms with Crippen LogP contribution in [0, 0.1) is 5.82 Å². The maximum atomic E-state index is 13.6. The molecular formula is C12H14FN3OS. The van der Waals surface area contributed by atoms with Crippen LogP contribution in [0.15, 0.2) is 18.5 Å². The smallest absolute Gasteiger partial charge is 0.151 e. The number of thiazole rings is 1. The average molecular weight is 267 g/mol. The summed E-state index contributed by atoms with van der Waals surface area (Å²) < 4.78 is 18.7. The molecule has 2 rings (SSSR count). The van der Waals surface area contributed by atoms with Crippen molar-refractivity contribution >= 4 is 11.3 Å². The van der Waals surface area contributed by atoms with Crippen molar-refractivity contribution in [1.82, 2.24) is 15.3 Å². The number of hydrogen-bond donors (Lipinski definition) is 1. The molecule has 0 aliphatic rings. The summed E-state index contributed by atoms with van der Waals surface area (Å²) in [6.45, 7) is 1.13. The minimum absolute atomic E-state index is 0.355. The zero-order valence-electron chi connectivity index (χ0n) is 10.2. The van der Waals surface area contributed by atoms with Crippen LogP contribution in [0.5, 0.6) is 0 Å². The van der Waals surface area contributed by atoms with Gasteiger partial charge in [0.1, 0.15) is 5.01 Å². The first-order valence-corrected chi connectivity index (χ1v) is 6.30. The molecule has 2 aromatic heterocycles. The topological polar surface area (TPSA) is 47.0 Å². The van der Waals surface area contributed by atoms with Gasteiger partial charge >= 0.3 is 0 Å². The Bertz CT molecular complexity index is 506. The molecule has 0 atom stereocenters. The number of aromatic nitrogens is 2. The van der Waals surface area contributed by atoms with Gasteiger partial charge in [-0.3, -0.25) is 4.98 Å². The monoisotopic (exact) mass is 267 g/mol. The SMILES string of the molecule is CNCc1sc(-c2ccncc2F)nc1COC. The standard InChI is InChI=1S/C12H14FN3OS/c1-14-6-11-10(7-17-2)16-12(18-11)8-3-4-15-5-9(8)13/h3-5,14H,6-7H2,1-2H3. The third-order valence-electron chi connectivity index (χ3n) is 2.40. The summed E-state index contributed by atoms with van der Waals surface area (Å²) in [4.78, 5) is 9.23. The number of hydrogen-bond acceptors (Lipinski definition) is 5. The molecule has 0 aliphatic carbocycles. The number of nitrogens with one attached hydrogen (secondary N) is 1. The van der Waals surface area contributed by atoms with E-state index in [-0.39, 0.29) is 5.82 Å². The Balaban J connectivity index is 2.40. The highest BCUT2D eigenvalue weighted by molar-refractivity contribution is 7.15. The van der Waals surface area contributed by atoms with Crippen LogP contribution < -0.4 is 5.32 Å². The van der Waals surface area contributed by atoms with Crippen molar-refractivity contribution in [3.8, 4) is 10.6 Å². The molecule has 6 heteroatoms. The van der Waals surface area contributed by atoms with Gasteiger partial charge in [0, 0.05) is 30.3 Å². The summed E-state index contributed by atoms with van der Waals surface area (Å²) >= 11 is 1.47. The summed E-state index contributed by atoms with van der Waals surface area (Å²) in [6.07, 6.45) is 2.76. The highest BCUT2D eigenvalue weighted by Crippen LogP contribution is 2.29. The van der Waals surface area contributed by atoms with E-state index in [0.29, 0.717) is 23.7 Å². The molecule has 2 heterocycles. The van der Waals surface area contributed by atoms with Crippen LogP contribution in [-0.4, -0.2) is 24.1 Å². The van der Waals surface area contributed by atoms with Gasteiger partial charge in [-0.2, -0.15) is 0 Å². The van der Waals surface area contributed by atoms with Crippen molar-refractivity contribution < 1.29 is 9.13 Å². The molecule has 0 amide bonds. The summed E-state index contributed by atoms with van der Waals surface area (Å²) in [5.74, 6) is -0.355. The first-order valence-electron chi connectivity index (χ1n) is 5.48. The van der Waals surface area contributed by atoms with Crippen LogP contribution in [0.2, 0.25) is 0 Å². The quantitative estimate of drug-likeness (QED) is 0.902. The van der Waals surface area contributed by atoms with Crippen LogP contribution in [0.3, 0.4) is 0 Å². The van der Waals surface area contributed by atoms with Crippen LogP contribution in [0.25, 0.3) is 10.6 Å². The molecule has 0 bridgehead atoms. The second kappa shape index (κ2) is 5.99. The Hall–Kier alpha value is -1.37. The minimum atomic E-state index is -0.355. The Morgan fingerprint density at radius 3 is 3.00 bits per heavy atom. The second-order valence-corrected chi connectivity index (χ2v) is 4.79. The Kier molecular flexibility index (Phi) is 4.35. The first kappa shape index (κ1) is 13.1. The summed E-state index contributed by atoms with van der Waals surface area (Å²) in [5.41, 5.74) is 1.33. The van der Waals surface area contributed by atoms with E-state index >= 15 is 0 Å². The van der Waals surface area contributed by atoms with Crippen molar-refractivity contribution in [2.45, 2.75) is 13.2 Å². The molecular weight excluding hydrogens is 253 g/mol. The van der Waals surface area contributed by atoms with Crippen molar-refractivity contribution in [2.75, 3.05) is 14.2 Å². The van der Waals surface area contributed by atoms with E-state index in [1.54, 1.807) is 19.4 Å². The number of nitrogens with zero attached hydrogens (tertiary/aromatic N) is 2. The number of halogens is 1. The van der Waals surface area contributed by atoms with E-state index in [1.807, 2.05) is 7.05 Å². The molecule has 0 saturated carbocycles. The lowest BCUT2D eigenvalue weighted by atomic mass is 10.2. The maximum absolute atomic E-state index is 13.6. The van der Waals surface area contributed by atoms with Gasteiger partial charge in [0.15, 0.2) is 5.82 Å². The number of pyridine rings is 1. The predicted molar refractivity (Wildman–Crippen MR) is 68.8 cm³/mol. The average Bonchev–Trinajstić information content (AvgIpc) is 2.74. The molecule has 1 N–H and O–H groups in total. The zero-order valence-corrected chi connectivity index (χ0v) is 11.1. The lowest BCUT2D eigenvalue weighted by Gasteiger charge is -1.98. The molecule has 0 radical (unpaired) electrons. The van der Waals surface area contributed by atoms with Crippen LogP contribution in [0.1, 0.15) is 10.6 Å². The fourth-order valence-electron chi connectivity index (χ4n) is 1.60. The largest absolute Gasteiger partial charge is 0.378 e. The predicted octanol–water partition coefficient (Wildman–Crippen LogP) is 2.21. The summed E-state index contributed by atoms with van der Waals surface area (Å²) in [5, 5.41) is 3.73. The van der Waals surface area contributed by atoms with E-state index in [9.17, 15) is 4.39 Å². The molecule has 0 fully saturated rings. The van der Waals surface area contributed by atoms with Gasteiger partial charge in [-0.1, -0.05) is 0 Å². The summed E-state index contributed by atoms with van der Waals surface area (Å²) in [6, 6.07) is 1.63. The van der Waals surface area contributed by atoms with Gasteiger partial charge in [-0.15, -0.1) is 11.3 Å². The molecule has 0 unspecified atom stereocenters. The lowest BCUT2D eigenvalue weighted by molar-refractivity contribution is 0.181. The van der Waals surface area contributed by atoms with Crippen LogP contribution in [0.4, 0.5) is 4.39 Å². The van der Waals surface area contributed by atoms with Gasteiger partial charge in [0.2, 0.25) is 0 Å². The van der Waals surface area contributed by atoms with E-state index in [2.05, 4.69) is 15.3 Å². The third-order valence-corrected chi connectivity index (χ3v) is 3.53. The number of ether oxygens (including phenoxy) is 1. The molecule has 0 aliphatic heterocycles. The van der Waals surface area contributed by atoms with Crippen LogP contribution in [-0.2, 0) is 17.9 Å². The van der Waals surface area contributed by atoms with E-state index in [1.165, 1.54) is 17.5 Å². The fourth-order valence-corrected chi connectivity index (χ4v) is 2.70. The summed E-state index contributed by atoms with van der Waals surface area (Å²) in [7, 11) is 3.48. The molecule has 2 aromatic rings. The van der Waals surface area contributed by atoms with E-state index in [4.69, 9.17) is 4.74 Å². The van der Waals surface area contributed by atoms with E-state index in [0.717, 1.165) is 10.6 Å². The van der Waals surface area contributed by atoms with Gasteiger partial charge in [-0.05, 0) is 13.1 Å². The van der Waals surface area contributed by atoms with Gasteiger partial charge in [0.05, 0.1) is 18.5 Å². The van der Waals surface area contributed by atoms with Crippen molar-refractivity contribution in [1.29, 1.82) is 0 Å². The van der Waals surface area contributed by atoms with Gasteiger partial charge < -0.3 is 10.1 Å². The number of methoxy groups -OCH3 is 1. The van der Waals surface area contributed by atoms with Crippen LogP contribution >= 0.6 is 11.3 Å². The Labute approximate surface area is 109 Å². The molecule has 0 spiro atoms. The van der Waals surface area contributed by atoms with E-state index < -0.39 is 0 Å². The first-order chi connectivity index (χ1) is 8.76. The highest BCUT2D eigenvalue weighted by atomic mass is 32.1. The molecule has 0 saturated heterocycles. The fraction of sp³-hybridized carbons (Fsp3) is 0.333. The zero-order chi connectivity index (χ0) is 13.0. The Morgan fingerprint density at radius 2 is 2.33 bits per heavy atom. The van der Waals surface area contributed by atoms with Crippen molar-refractivity contribution in [3.63, 3.8) is 0 Å². The molecule has 96 valence electrons. The molecule has 18 heavy (non-hydrogen) atoms. The van der Waals surface area contributed by atoms with Gasteiger partial charge in [0.25, 0.3) is 0 Å². The van der Waals surface area contributed by atoms with Gasteiger partial charge in [-0.25, -0.2) is 9.37 Å².